The second-order valence-electron chi connectivity index (χ2n) is 5.66. The largest absolute Gasteiger partial charge is 0.349 e. The maximum absolute atomic E-state index is 12.6. The molecule has 2 rings (SSSR count). The standard InChI is InChI=1S/C16H23ClN2O/c1-3-16(8-5-9-18-11-16)15(20)19-12(2)13-6-4-7-14(17)10-13/h4,6-7,10,12,18H,3,5,8-9,11H2,1-2H3,(H,19,20)/t12-,16?/m0/s1. The van der Waals surface area contributed by atoms with Crippen molar-refractivity contribution in [3.05, 3.63) is 34.9 Å². The highest BCUT2D eigenvalue weighted by Crippen LogP contribution is 2.31. The van der Waals surface area contributed by atoms with E-state index in [0.29, 0.717) is 5.02 Å². The molecule has 1 aliphatic heterocycles. The molecular weight excluding hydrogens is 272 g/mol. The molecule has 1 unspecified atom stereocenters. The molecule has 1 aromatic carbocycles. The van der Waals surface area contributed by atoms with Crippen LogP contribution in [0.5, 0.6) is 0 Å². The van der Waals surface area contributed by atoms with Crippen LogP contribution in [0.25, 0.3) is 0 Å². The Morgan fingerprint density at radius 1 is 1.55 bits per heavy atom. The zero-order valence-electron chi connectivity index (χ0n) is 12.2. The van der Waals surface area contributed by atoms with E-state index in [2.05, 4.69) is 17.6 Å². The summed E-state index contributed by atoms with van der Waals surface area (Å²) in [5.74, 6) is 0.152. The second kappa shape index (κ2) is 6.59. The normalized spacial score (nSPS) is 24.1. The summed E-state index contributed by atoms with van der Waals surface area (Å²) in [6.07, 6.45) is 2.89. The molecule has 2 N–H and O–H groups in total. The molecule has 3 nitrogen and oxygen atoms in total. The summed E-state index contributed by atoms with van der Waals surface area (Å²) in [4.78, 5) is 12.6. The van der Waals surface area contributed by atoms with Crippen LogP contribution in [0.3, 0.4) is 0 Å². The Morgan fingerprint density at radius 3 is 2.95 bits per heavy atom. The SMILES string of the molecule is CCC1(C(=O)N[C@@H](C)c2cccc(Cl)c2)CCCNC1. The van der Waals surface area contributed by atoms with Gasteiger partial charge in [-0.05, 0) is 50.4 Å². The molecule has 0 aliphatic carbocycles. The molecule has 1 aromatic rings. The average Bonchev–Trinajstić information content (AvgIpc) is 2.47. The number of carbonyl (C=O) groups is 1. The fraction of sp³-hybridized carbons (Fsp3) is 0.562. The molecule has 1 fully saturated rings. The van der Waals surface area contributed by atoms with Crippen LogP contribution >= 0.6 is 11.6 Å². The van der Waals surface area contributed by atoms with Crippen LogP contribution in [-0.4, -0.2) is 19.0 Å². The lowest BCUT2D eigenvalue weighted by atomic mass is 9.77. The lowest BCUT2D eigenvalue weighted by molar-refractivity contribution is -0.133. The fourth-order valence-corrected chi connectivity index (χ4v) is 3.03. The Labute approximate surface area is 126 Å². The van der Waals surface area contributed by atoms with E-state index in [-0.39, 0.29) is 17.4 Å². The van der Waals surface area contributed by atoms with Gasteiger partial charge in [0.2, 0.25) is 5.91 Å². The summed E-state index contributed by atoms with van der Waals surface area (Å²) < 4.78 is 0. The Morgan fingerprint density at radius 2 is 2.35 bits per heavy atom. The third-order valence-corrected chi connectivity index (χ3v) is 4.56. The van der Waals surface area contributed by atoms with Crippen LogP contribution < -0.4 is 10.6 Å². The molecule has 110 valence electrons. The summed E-state index contributed by atoms with van der Waals surface area (Å²) >= 11 is 6.01. The summed E-state index contributed by atoms with van der Waals surface area (Å²) in [7, 11) is 0. The minimum absolute atomic E-state index is 0.0217. The average molecular weight is 295 g/mol. The van der Waals surface area contributed by atoms with Crippen molar-refractivity contribution in [3.8, 4) is 0 Å². The number of hydrogen-bond donors (Lipinski definition) is 2. The maximum atomic E-state index is 12.6. The summed E-state index contributed by atoms with van der Waals surface area (Å²) in [6.45, 7) is 5.89. The van der Waals surface area contributed by atoms with Crippen molar-refractivity contribution in [2.75, 3.05) is 13.1 Å². The van der Waals surface area contributed by atoms with Gasteiger partial charge in [0.15, 0.2) is 0 Å². The van der Waals surface area contributed by atoms with Crippen LogP contribution in [0.2, 0.25) is 5.02 Å². The lowest BCUT2D eigenvalue weighted by Gasteiger charge is -2.36. The van der Waals surface area contributed by atoms with Gasteiger partial charge in [0, 0.05) is 11.6 Å². The highest BCUT2D eigenvalue weighted by Gasteiger charge is 2.38. The molecule has 0 spiro atoms. The Balaban J connectivity index is 2.06. The van der Waals surface area contributed by atoms with E-state index in [9.17, 15) is 4.79 Å². The van der Waals surface area contributed by atoms with E-state index in [1.54, 1.807) is 0 Å². The first-order chi connectivity index (χ1) is 9.57. The predicted octanol–water partition coefficient (Wildman–Crippen LogP) is 3.30. The van der Waals surface area contributed by atoms with E-state index in [1.165, 1.54) is 0 Å². The van der Waals surface area contributed by atoms with Crippen LogP contribution in [0.15, 0.2) is 24.3 Å². The van der Waals surface area contributed by atoms with E-state index >= 15 is 0 Å². The Hall–Kier alpha value is -1.06. The van der Waals surface area contributed by atoms with Crippen molar-refractivity contribution in [3.63, 3.8) is 0 Å². The smallest absolute Gasteiger partial charge is 0.227 e. The van der Waals surface area contributed by atoms with E-state index < -0.39 is 0 Å². The molecule has 0 radical (unpaired) electrons. The molecule has 0 aromatic heterocycles. The maximum Gasteiger partial charge on any atom is 0.227 e. The fourth-order valence-electron chi connectivity index (χ4n) is 2.83. The number of rotatable bonds is 4. The second-order valence-corrected chi connectivity index (χ2v) is 6.10. The highest BCUT2D eigenvalue weighted by atomic mass is 35.5. The number of amides is 1. The molecular formula is C16H23ClN2O. The summed E-state index contributed by atoms with van der Waals surface area (Å²) in [6, 6.07) is 7.64. The van der Waals surface area contributed by atoms with Gasteiger partial charge in [0.1, 0.15) is 0 Å². The van der Waals surface area contributed by atoms with Crippen molar-refractivity contribution in [1.29, 1.82) is 0 Å². The molecule has 2 atom stereocenters. The molecule has 20 heavy (non-hydrogen) atoms. The molecule has 0 saturated carbocycles. The molecule has 1 saturated heterocycles. The van der Waals surface area contributed by atoms with Gasteiger partial charge in [0.25, 0.3) is 0 Å². The van der Waals surface area contributed by atoms with Gasteiger partial charge >= 0.3 is 0 Å². The first-order valence-electron chi connectivity index (χ1n) is 7.34. The highest BCUT2D eigenvalue weighted by molar-refractivity contribution is 6.30. The van der Waals surface area contributed by atoms with Gasteiger partial charge in [-0.1, -0.05) is 30.7 Å². The lowest BCUT2D eigenvalue weighted by Crippen LogP contribution is -2.50. The molecule has 1 aliphatic rings. The first-order valence-corrected chi connectivity index (χ1v) is 7.72. The van der Waals surface area contributed by atoms with Gasteiger partial charge in [-0.25, -0.2) is 0 Å². The number of nitrogens with one attached hydrogen (secondary N) is 2. The monoisotopic (exact) mass is 294 g/mol. The molecule has 0 bridgehead atoms. The van der Waals surface area contributed by atoms with E-state index in [1.807, 2.05) is 31.2 Å². The predicted molar refractivity (Wildman–Crippen MR) is 82.8 cm³/mol. The van der Waals surface area contributed by atoms with Gasteiger partial charge < -0.3 is 10.6 Å². The van der Waals surface area contributed by atoms with Crippen molar-refractivity contribution < 1.29 is 4.79 Å². The minimum atomic E-state index is -0.259. The number of hydrogen-bond acceptors (Lipinski definition) is 2. The van der Waals surface area contributed by atoms with Crippen LogP contribution in [0.1, 0.15) is 44.7 Å². The topological polar surface area (TPSA) is 41.1 Å². The quantitative estimate of drug-likeness (QED) is 0.894. The third kappa shape index (κ3) is 3.33. The van der Waals surface area contributed by atoms with Gasteiger partial charge in [0.05, 0.1) is 11.5 Å². The Bertz CT molecular complexity index is 469. The zero-order valence-corrected chi connectivity index (χ0v) is 13.0. The summed E-state index contributed by atoms with van der Waals surface area (Å²) in [5.41, 5.74) is 0.784. The number of halogens is 1. The molecule has 1 heterocycles. The van der Waals surface area contributed by atoms with E-state index in [0.717, 1.165) is 37.9 Å². The minimum Gasteiger partial charge on any atom is -0.349 e. The van der Waals surface area contributed by atoms with Crippen molar-refractivity contribution in [2.45, 2.75) is 39.2 Å². The van der Waals surface area contributed by atoms with Crippen molar-refractivity contribution in [2.24, 2.45) is 5.41 Å². The molecule has 1 amide bonds. The van der Waals surface area contributed by atoms with Crippen molar-refractivity contribution >= 4 is 17.5 Å². The van der Waals surface area contributed by atoms with Crippen molar-refractivity contribution in [1.82, 2.24) is 10.6 Å². The Kier molecular flexibility index (Phi) is 5.06. The third-order valence-electron chi connectivity index (χ3n) is 4.33. The van der Waals surface area contributed by atoms with Gasteiger partial charge in [-0.15, -0.1) is 0 Å². The van der Waals surface area contributed by atoms with E-state index in [4.69, 9.17) is 11.6 Å². The summed E-state index contributed by atoms with van der Waals surface area (Å²) in [5, 5.41) is 7.20. The number of carbonyl (C=O) groups excluding carboxylic acids is 1. The first kappa shape index (κ1) is 15.3. The number of piperidine rings is 1. The van der Waals surface area contributed by atoms with Crippen LogP contribution in [0, 0.1) is 5.41 Å². The number of benzene rings is 1. The van der Waals surface area contributed by atoms with Gasteiger partial charge in [-0.2, -0.15) is 0 Å². The molecule has 4 heteroatoms. The van der Waals surface area contributed by atoms with Crippen LogP contribution in [-0.2, 0) is 4.79 Å². The zero-order chi connectivity index (χ0) is 14.6. The van der Waals surface area contributed by atoms with Crippen LogP contribution in [0.4, 0.5) is 0 Å². The van der Waals surface area contributed by atoms with Gasteiger partial charge in [-0.3, -0.25) is 4.79 Å².